The van der Waals surface area contributed by atoms with Crippen molar-refractivity contribution in [2.75, 3.05) is 18.8 Å². The quantitative estimate of drug-likeness (QED) is 0.723. The molecule has 170 valence electrons. The van der Waals surface area contributed by atoms with Crippen LogP contribution in [0.2, 0.25) is 0 Å². The van der Waals surface area contributed by atoms with Crippen molar-refractivity contribution < 1.29 is 36.3 Å². The molecule has 8 nitrogen and oxygen atoms in total. The maximum Gasteiger partial charge on any atom is 0.490 e. The van der Waals surface area contributed by atoms with Crippen molar-refractivity contribution in [1.82, 2.24) is 14.2 Å². The molecule has 2 saturated heterocycles. The highest BCUT2D eigenvalue weighted by Gasteiger charge is 2.48. The number of nitrogens with zero attached hydrogens (tertiary/aromatic N) is 3. The van der Waals surface area contributed by atoms with Gasteiger partial charge >= 0.3 is 12.1 Å². The first kappa shape index (κ1) is 24.5. The van der Waals surface area contributed by atoms with Gasteiger partial charge in [0.05, 0.1) is 23.0 Å². The number of alkyl halides is 3. The van der Waals surface area contributed by atoms with Gasteiger partial charge in [-0.1, -0.05) is 0 Å². The molecule has 0 atom stereocenters. The van der Waals surface area contributed by atoms with E-state index in [9.17, 15) is 26.4 Å². The fraction of sp³-hybridized carbons (Fsp3) is 0.706. The number of aromatic nitrogens is 1. The van der Waals surface area contributed by atoms with Gasteiger partial charge in [0.1, 0.15) is 0 Å². The highest BCUT2D eigenvalue weighted by molar-refractivity contribution is 7.89. The molecule has 13 heteroatoms. The monoisotopic (exact) mass is 471 g/mol. The third-order valence-corrected chi connectivity index (χ3v) is 8.02. The molecule has 0 aliphatic carbocycles. The molecule has 1 aromatic rings. The normalized spacial score (nSPS) is 19.6. The molecule has 0 bridgehead atoms. The number of likely N-dealkylation sites (tertiary alicyclic amines) is 1. The molecule has 3 rings (SSSR count). The Bertz CT molecular complexity index is 877. The number of carbonyl (C=O) groups excluding carboxylic acids is 1. The van der Waals surface area contributed by atoms with Crippen LogP contribution in [-0.4, -0.2) is 70.1 Å². The lowest BCUT2D eigenvalue weighted by Crippen LogP contribution is -2.54. The minimum absolute atomic E-state index is 0.140. The van der Waals surface area contributed by atoms with Gasteiger partial charge in [-0.3, -0.25) is 4.79 Å². The molecule has 1 aromatic heterocycles. The predicted octanol–water partition coefficient (Wildman–Crippen LogP) is 2.39. The van der Waals surface area contributed by atoms with Crippen molar-refractivity contribution in [3.05, 3.63) is 16.1 Å². The van der Waals surface area contributed by atoms with Gasteiger partial charge in [-0.15, -0.1) is 11.3 Å². The summed E-state index contributed by atoms with van der Waals surface area (Å²) < 4.78 is 57.4. The lowest BCUT2D eigenvalue weighted by atomic mass is 9.85. The van der Waals surface area contributed by atoms with E-state index >= 15 is 0 Å². The fourth-order valence-electron chi connectivity index (χ4n) is 3.66. The zero-order valence-electron chi connectivity index (χ0n) is 16.6. The first-order valence-electron chi connectivity index (χ1n) is 9.30. The summed E-state index contributed by atoms with van der Waals surface area (Å²) in [6, 6.07) is 0. The number of aryl methyl sites for hydroxylation is 1. The number of carbonyl (C=O) groups is 2. The van der Waals surface area contributed by atoms with Gasteiger partial charge < -0.3 is 10.0 Å². The Hall–Kier alpha value is -1.73. The predicted molar refractivity (Wildman–Crippen MR) is 103 cm³/mol. The smallest absolute Gasteiger partial charge is 0.475 e. The van der Waals surface area contributed by atoms with E-state index < -0.39 is 22.2 Å². The van der Waals surface area contributed by atoms with Crippen molar-refractivity contribution in [3.63, 3.8) is 0 Å². The standard InChI is InChI=1S/C15H23N3O3S2.C2HF3O2/c1-3-23(20,21)17-8-6-15(7-9-17)5-4-14(19)18(15)10-13-11-22-12(2)16-13;3-2(4,5)1(6)7/h11H,3-10H2,1-2H3;(H,6,7). The molecular formula is C17H24F3N3O5S2. The number of halogens is 3. The molecule has 1 amide bonds. The maximum atomic E-state index is 12.4. The number of rotatable bonds is 4. The van der Waals surface area contributed by atoms with Gasteiger partial charge in [-0.25, -0.2) is 22.5 Å². The molecule has 3 heterocycles. The van der Waals surface area contributed by atoms with Crippen molar-refractivity contribution in [2.24, 2.45) is 0 Å². The zero-order valence-corrected chi connectivity index (χ0v) is 18.2. The number of hydrogen-bond acceptors (Lipinski definition) is 6. The third-order valence-electron chi connectivity index (χ3n) is 5.32. The second-order valence-corrected chi connectivity index (χ2v) is 10.5. The van der Waals surface area contributed by atoms with Crippen LogP contribution < -0.4 is 0 Å². The lowest BCUT2D eigenvalue weighted by molar-refractivity contribution is -0.192. The molecule has 1 N–H and O–H groups in total. The Labute approximate surface area is 176 Å². The van der Waals surface area contributed by atoms with Gasteiger partial charge in [0.2, 0.25) is 15.9 Å². The third kappa shape index (κ3) is 5.70. The van der Waals surface area contributed by atoms with E-state index in [0.29, 0.717) is 26.1 Å². The van der Waals surface area contributed by atoms with Crippen LogP contribution in [0.1, 0.15) is 43.3 Å². The number of carboxylic acids is 1. The van der Waals surface area contributed by atoms with Gasteiger partial charge in [-0.2, -0.15) is 13.2 Å². The van der Waals surface area contributed by atoms with E-state index in [1.54, 1.807) is 22.6 Å². The van der Waals surface area contributed by atoms with Crippen LogP contribution in [0.4, 0.5) is 13.2 Å². The SMILES string of the molecule is CCS(=O)(=O)N1CCC2(CCC(=O)N2Cc2csc(C)n2)CC1.O=C(O)C(F)(F)F. The van der Waals surface area contributed by atoms with Crippen LogP contribution in [0, 0.1) is 6.92 Å². The summed E-state index contributed by atoms with van der Waals surface area (Å²) >= 11 is 1.59. The van der Waals surface area contributed by atoms with E-state index in [2.05, 4.69) is 4.98 Å². The summed E-state index contributed by atoms with van der Waals surface area (Å²) in [6.45, 7) is 5.20. The minimum Gasteiger partial charge on any atom is -0.475 e. The van der Waals surface area contributed by atoms with Crippen LogP contribution in [0.5, 0.6) is 0 Å². The number of aliphatic carboxylic acids is 1. The van der Waals surface area contributed by atoms with Gasteiger partial charge in [0.25, 0.3) is 0 Å². The topological polar surface area (TPSA) is 108 Å². The highest BCUT2D eigenvalue weighted by Crippen LogP contribution is 2.40. The van der Waals surface area contributed by atoms with Crippen molar-refractivity contribution >= 4 is 33.2 Å². The Morgan fingerprint density at radius 3 is 2.30 bits per heavy atom. The summed E-state index contributed by atoms with van der Waals surface area (Å²) in [5.74, 6) is -2.45. The molecule has 0 saturated carbocycles. The van der Waals surface area contributed by atoms with E-state index in [1.807, 2.05) is 17.2 Å². The van der Waals surface area contributed by atoms with E-state index in [1.165, 1.54) is 0 Å². The van der Waals surface area contributed by atoms with Crippen LogP contribution in [0.15, 0.2) is 5.38 Å². The molecule has 30 heavy (non-hydrogen) atoms. The average molecular weight is 472 g/mol. The van der Waals surface area contributed by atoms with Crippen LogP contribution in [-0.2, 0) is 26.2 Å². The number of piperidine rings is 1. The van der Waals surface area contributed by atoms with Crippen LogP contribution in [0.3, 0.4) is 0 Å². The van der Waals surface area contributed by atoms with Crippen molar-refractivity contribution in [2.45, 2.75) is 57.8 Å². The number of sulfonamides is 1. The van der Waals surface area contributed by atoms with Gasteiger partial charge in [0.15, 0.2) is 0 Å². The van der Waals surface area contributed by atoms with Gasteiger partial charge in [-0.05, 0) is 33.1 Å². The number of hydrogen-bond donors (Lipinski definition) is 1. The molecule has 1 spiro atoms. The minimum atomic E-state index is -5.08. The Kier molecular flexibility index (Phi) is 7.51. The molecule has 2 aliphatic heterocycles. The number of carboxylic acid groups (broad SMARTS) is 1. The molecule has 2 aliphatic rings. The van der Waals surface area contributed by atoms with Crippen LogP contribution >= 0.6 is 11.3 Å². The summed E-state index contributed by atoms with van der Waals surface area (Å²) in [7, 11) is -3.13. The Morgan fingerprint density at radius 1 is 1.30 bits per heavy atom. The molecule has 0 unspecified atom stereocenters. The van der Waals surface area contributed by atoms with Gasteiger partial charge in [0, 0.05) is 30.4 Å². The first-order valence-corrected chi connectivity index (χ1v) is 11.8. The Morgan fingerprint density at radius 2 is 1.87 bits per heavy atom. The zero-order chi connectivity index (χ0) is 22.7. The second-order valence-electron chi connectivity index (χ2n) is 7.16. The average Bonchev–Trinajstić information content (AvgIpc) is 3.21. The second kappa shape index (κ2) is 9.18. The summed E-state index contributed by atoms with van der Waals surface area (Å²) in [5.41, 5.74) is 0.750. The van der Waals surface area contributed by atoms with Crippen molar-refractivity contribution in [3.8, 4) is 0 Å². The first-order chi connectivity index (χ1) is 13.8. The molecule has 2 fully saturated rings. The molecule has 0 aromatic carbocycles. The summed E-state index contributed by atoms with van der Waals surface area (Å²) in [5, 5.41) is 10.1. The Balaban J connectivity index is 0.000000396. The fourth-order valence-corrected chi connectivity index (χ4v) is 5.36. The van der Waals surface area contributed by atoms with E-state index in [0.717, 1.165) is 30.0 Å². The number of amides is 1. The number of thiazole rings is 1. The lowest BCUT2D eigenvalue weighted by Gasteiger charge is -2.44. The molecule has 0 radical (unpaired) electrons. The highest BCUT2D eigenvalue weighted by atomic mass is 32.2. The maximum absolute atomic E-state index is 12.4. The molecular weight excluding hydrogens is 447 g/mol. The van der Waals surface area contributed by atoms with E-state index in [-0.39, 0.29) is 17.2 Å². The van der Waals surface area contributed by atoms with Crippen LogP contribution in [0.25, 0.3) is 0 Å². The van der Waals surface area contributed by atoms with Crippen molar-refractivity contribution in [1.29, 1.82) is 0 Å². The van der Waals surface area contributed by atoms with E-state index in [4.69, 9.17) is 9.90 Å². The summed E-state index contributed by atoms with van der Waals surface area (Å²) in [6.07, 6.45) is -2.25. The largest absolute Gasteiger partial charge is 0.490 e. The summed E-state index contributed by atoms with van der Waals surface area (Å²) in [4.78, 5) is 27.7.